The van der Waals surface area contributed by atoms with Crippen LogP contribution in [0.1, 0.15) is 37.0 Å². The Morgan fingerprint density at radius 3 is 2.66 bits per heavy atom. The van der Waals surface area contributed by atoms with E-state index in [1.165, 1.54) is 17.3 Å². The number of amides is 1. The van der Waals surface area contributed by atoms with Gasteiger partial charge < -0.3 is 14.4 Å². The van der Waals surface area contributed by atoms with Gasteiger partial charge in [-0.3, -0.25) is 9.79 Å². The molecule has 4 rings (SSSR count). The van der Waals surface area contributed by atoms with E-state index in [9.17, 15) is 4.79 Å². The van der Waals surface area contributed by atoms with Crippen molar-refractivity contribution in [1.82, 2.24) is 5.43 Å². The number of carbonyl (C=O) groups excluding carboxylic acids is 1. The molecule has 168 valence electrons. The summed E-state index contributed by atoms with van der Waals surface area (Å²) in [6.07, 6.45) is 2.02. The number of hydrazone groups is 1. The first-order valence-corrected chi connectivity index (χ1v) is 11.7. The predicted octanol–water partition coefficient (Wildman–Crippen LogP) is 4.47. The number of amidine groups is 1. The van der Waals surface area contributed by atoms with Crippen LogP contribution >= 0.6 is 11.8 Å². The van der Waals surface area contributed by atoms with E-state index in [1.54, 1.807) is 14.2 Å². The topological polar surface area (TPSA) is 75.5 Å². The first-order valence-electron chi connectivity index (χ1n) is 10.7. The van der Waals surface area contributed by atoms with Crippen LogP contribution in [0.15, 0.2) is 46.5 Å². The molecular formula is C24H28N4O3S. The van der Waals surface area contributed by atoms with E-state index in [1.807, 2.05) is 18.2 Å². The number of thioether (sulfide) groups is 1. The predicted molar refractivity (Wildman–Crippen MR) is 131 cm³/mol. The van der Waals surface area contributed by atoms with Gasteiger partial charge in [0.05, 0.1) is 19.9 Å². The van der Waals surface area contributed by atoms with E-state index in [0.717, 1.165) is 47.7 Å². The van der Waals surface area contributed by atoms with Crippen molar-refractivity contribution in [2.75, 3.05) is 31.4 Å². The minimum Gasteiger partial charge on any atom is -0.493 e. The minimum absolute atomic E-state index is 0.109. The third-order valence-corrected chi connectivity index (χ3v) is 6.20. The van der Waals surface area contributed by atoms with Gasteiger partial charge in [0.1, 0.15) is 5.84 Å². The number of aliphatic imine (C=N–C) groups is 1. The molecule has 0 aliphatic carbocycles. The second-order valence-electron chi connectivity index (χ2n) is 7.96. The van der Waals surface area contributed by atoms with Crippen molar-refractivity contribution in [1.29, 1.82) is 0 Å². The van der Waals surface area contributed by atoms with Crippen LogP contribution in [0.2, 0.25) is 0 Å². The van der Waals surface area contributed by atoms with E-state index in [2.05, 4.69) is 47.5 Å². The smallest absolute Gasteiger partial charge is 0.299 e. The first-order chi connectivity index (χ1) is 15.5. The van der Waals surface area contributed by atoms with Gasteiger partial charge in [0.2, 0.25) is 0 Å². The number of hydrogen-bond donors (Lipinski definition) is 1. The summed E-state index contributed by atoms with van der Waals surface area (Å²) in [7, 11) is 3.28. The Morgan fingerprint density at radius 1 is 1.16 bits per heavy atom. The Balaban J connectivity index is 1.73. The molecule has 2 aliphatic rings. The lowest BCUT2D eigenvalue weighted by Gasteiger charge is -2.33. The van der Waals surface area contributed by atoms with Gasteiger partial charge in [-0.2, -0.15) is 5.10 Å². The van der Waals surface area contributed by atoms with Crippen LogP contribution in [0.4, 0.5) is 10.5 Å². The van der Waals surface area contributed by atoms with Gasteiger partial charge >= 0.3 is 0 Å². The Labute approximate surface area is 192 Å². The second kappa shape index (κ2) is 9.65. The Morgan fingerprint density at radius 2 is 1.97 bits per heavy atom. The van der Waals surface area contributed by atoms with Crippen LogP contribution in [0.25, 0.3) is 0 Å². The van der Waals surface area contributed by atoms with Crippen LogP contribution < -0.4 is 19.8 Å². The summed E-state index contributed by atoms with van der Waals surface area (Å²) in [5.41, 5.74) is 7.91. The lowest BCUT2D eigenvalue weighted by molar-refractivity contribution is 0.261. The number of methoxy groups -OCH3 is 2. The summed E-state index contributed by atoms with van der Waals surface area (Å²) in [5, 5.41) is 4.13. The third-order valence-electron chi connectivity index (χ3n) is 5.43. The van der Waals surface area contributed by atoms with Crippen LogP contribution in [0.3, 0.4) is 0 Å². The lowest BCUT2D eigenvalue weighted by Crippen LogP contribution is -2.37. The quantitative estimate of drug-likeness (QED) is 0.535. The fraction of sp³-hybridized carbons (Fsp3) is 0.375. The van der Waals surface area contributed by atoms with Crippen molar-refractivity contribution in [3.8, 4) is 11.5 Å². The number of ether oxygens (including phenoxy) is 2. The molecule has 32 heavy (non-hydrogen) atoms. The lowest BCUT2D eigenvalue weighted by atomic mass is 9.97. The molecule has 0 radical (unpaired) electrons. The average molecular weight is 453 g/mol. The molecule has 2 aromatic carbocycles. The van der Waals surface area contributed by atoms with Crippen LogP contribution in [0.5, 0.6) is 11.5 Å². The molecule has 0 unspecified atom stereocenters. The van der Waals surface area contributed by atoms with Crippen LogP contribution in [-0.2, 0) is 6.42 Å². The molecule has 0 aromatic heterocycles. The van der Waals surface area contributed by atoms with Crippen molar-refractivity contribution in [3.63, 3.8) is 0 Å². The molecule has 2 heterocycles. The van der Waals surface area contributed by atoms with Crippen molar-refractivity contribution in [3.05, 3.63) is 53.1 Å². The zero-order valence-corrected chi connectivity index (χ0v) is 19.7. The van der Waals surface area contributed by atoms with Gasteiger partial charge in [0.15, 0.2) is 11.5 Å². The van der Waals surface area contributed by atoms with E-state index in [4.69, 9.17) is 14.5 Å². The van der Waals surface area contributed by atoms with Crippen LogP contribution in [-0.4, -0.2) is 49.3 Å². The number of hydrogen-bond acceptors (Lipinski definition) is 6. The number of benzene rings is 2. The van der Waals surface area contributed by atoms with Gasteiger partial charge in [0.25, 0.3) is 5.24 Å². The summed E-state index contributed by atoms with van der Waals surface area (Å²) >= 11 is 1.24. The standard InChI is InChI=1S/C24H28N4O3S/c1-15(2)25-23(18-8-10-21(30-3)22(13-18)31-4)28-11-5-6-17-12-16(7-9-20(17)28)19-14-32-24(29)27-26-19/h7-10,12-13,15H,5-6,11,14H2,1-4H3,(H,27,29). The molecule has 0 saturated carbocycles. The van der Waals surface area contributed by atoms with E-state index in [0.29, 0.717) is 17.3 Å². The number of nitrogens with zero attached hydrogens (tertiary/aromatic N) is 3. The van der Waals surface area contributed by atoms with Crippen molar-refractivity contribution in [2.24, 2.45) is 10.1 Å². The highest BCUT2D eigenvalue weighted by Gasteiger charge is 2.25. The molecule has 0 saturated heterocycles. The number of carbonyl (C=O) groups is 1. The maximum Gasteiger partial charge on any atom is 0.299 e. The zero-order chi connectivity index (χ0) is 22.7. The van der Waals surface area contributed by atoms with Gasteiger partial charge in [-0.25, -0.2) is 5.43 Å². The largest absolute Gasteiger partial charge is 0.493 e. The molecule has 2 aliphatic heterocycles. The monoisotopic (exact) mass is 452 g/mol. The molecule has 2 aromatic rings. The highest BCUT2D eigenvalue weighted by Crippen LogP contribution is 2.33. The molecule has 1 amide bonds. The second-order valence-corrected chi connectivity index (χ2v) is 8.91. The highest BCUT2D eigenvalue weighted by molar-refractivity contribution is 8.14. The zero-order valence-electron chi connectivity index (χ0n) is 18.8. The summed E-state index contributed by atoms with van der Waals surface area (Å²) in [6, 6.07) is 12.5. The van der Waals surface area contributed by atoms with Gasteiger partial charge in [-0.1, -0.05) is 17.8 Å². The third kappa shape index (κ3) is 4.60. The molecule has 1 N–H and O–H groups in total. The summed E-state index contributed by atoms with van der Waals surface area (Å²) < 4.78 is 10.9. The summed E-state index contributed by atoms with van der Waals surface area (Å²) in [5.74, 6) is 2.89. The Bertz CT molecular complexity index is 1080. The van der Waals surface area contributed by atoms with E-state index < -0.39 is 0 Å². The fourth-order valence-electron chi connectivity index (χ4n) is 3.98. The molecule has 8 heteroatoms. The number of anilines is 1. The number of aryl methyl sites for hydroxylation is 1. The summed E-state index contributed by atoms with van der Waals surface area (Å²) in [4.78, 5) is 18.7. The molecular weight excluding hydrogens is 424 g/mol. The molecule has 7 nitrogen and oxygen atoms in total. The SMILES string of the molecule is COc1ccc(C(=NC(C)C)N2CCCc3cc(C4=NNC(=O)SC4)ccc32)cc1OC. The van der Waals surface area contributed by atoms with Gasteiger partial charge in [-0.15, -0.1) is 0 Å². The molecule has 0 spiro atoms. The first kappa shape index (κ1) is 22.2. The molecule has 0 fully saturated rings. The molecule has 0 bridgehead atoms. The fourth-order valence-corrected chi connectivity index (χ4v) is 4.59. The summed E-state index contributed by atoms with van der Waals surface area (Å²) in [6.45, 7) is 5.06. The van der Waals surface area contributed by atoms with Crippen molar-refractivity contribution in [2.45, 2.75) is 32.7 Å². The Hall–Kier alpha value is -3.00. The van der Waals surface area contributed by atoms with Gasteiger partial charge in [0, 0.05) is 29.6 Å². The normalized spacial score (nSPS) is 16.4. The van der Waals surface area contributed by atoms with Crippen LogP contribution in [0, 0.1) is 0 Å². The Kier molecular flexibility index (Phi) is 6.69. The molecule has 0 atom stereocenters. The van der Waals surface area contributed by atoms with E-state index in [-0.39, 0.29) is 11.3 Å². The average Bonchev–Trinajstić information content (AvgIpc) is 2.81. The van der Waals surface area contributed by atoms with Crippen molar-refractivity contribution >= 4 is 34.2 Å². The number of nitrogens with one attached hydrogen (secondary N) is 1. The number of fused-ring (bicyclic) bond motifs is 1. The minimum atomic E-state index is -0.109. The number of rotatable bonds is 5. The highest BCUT2D eigenvalue weighted by atomic mass is 32.2. The van der Waals surface area contributed by atoms with Gasteiger partial charge in [-0.05, 0) is 68.1 Å². The maximum atomic E-state index is 11.4. The van der Waals surface area contributed by atoms with E-state index >= 15 is 0 Å². The maximum absolute atomic E-state index is 11.4. The van der Waals surface area contributed by atoms with Crippen molar-refractivity contribution < 1.29 is 14.3 Å².